The summed E-state index contributed by atoms with van der Waals surface area (Å²) in [6, 6.07) is 1.76. The van der Waals surface area contributed by atoms with E-state index in [4.69, 9.17) is 24.0 Å². The molecule has 2 aliphatic heterocycles. The first-order chi connectivity index (χ1) is 21.9. The van der Waals surface area contributed by atoms with Crippen LogP contribution in [0.5, 0.6) is 5.88 Å². The molecule has 0 N–H and O–H groups in total. The predicted molar refractivity (Wildman–Crippen MR) is 169 cm³/mol. The minimum Gasteiger partial charge on any atom is -0.473 e. The minimum atomic E-state index is -0.885. The van der Waals surface area contributed by atoms with Crippen LogP contribution in [0.1, 0.15) is 96.7 Å². The maximum absolute atomic E-state index is 14.3. The maximum Gasteiger partial charge on any atom is 0.410 e. The number of aromatic nitrogens is 3. The smallest absolute Gasteiger partial charge is 0.410 e. The molecule has 0 aromatic carbocycles. The van der Waals surface area contributed by atoms with E-state index >= 15 is 0 Å². The Morgan fingerprint density at radius 3 is 2.59 bits per heavy atom. The van der Waals surface area contributed by atoms with Crippen LogP contribution in [-0.4, -0.2) is 99.5 Å². The summed E-state index contributed by atoms with van der Waals surface area (Å²) >= 11 is 0. The fourth-order valence-corrected chi connectivity index (χ4v) is 8.25. The van der Waals surface area contributed by atoms with Crippen LogP contribution in [0.4, 0.5) is 15.0 Å². The number of carbonyl (C=O) groups is 2. The molecule has 46 heavy (non-hydrogen) atoms. The number of rotatable bonds is 5. The number of ketones is 1. The van der Waals surface area contributed by atoms with Gasteiger partial charge in [-0.05, 0) is 86.1 Å². The lowest BCUT2D eigenvalue weighted by atomic mass is 9.64. The van der Waals surface area contributed by atoms with Gasteiger partial charge >= 0.3 is 6.09 Å². The molecule has 4 heterocycles. The highest BCUT2D eigenvalue weighted by Gasteiger charge is 2.55. The molecular weight excluding hydrogens is 591 g/mol. The molecule has 1 amide bonds. The van der Waals surface area contributed by atoms with Crippen molar-refractivity contribution in [2.24, 2.45) is 0 Å². The van der Waals surface area contributed by atoms with Gasteiger partial charge in [-0.25, -0.2) is 14.2 Å². The lowest BCUT2D eigenvalue weighted by Crippen LogP contribution is -2.58. The third-order valence-electron chi connectivity index (χ3n) is 10.8. The van der Waals surface area contributed by atoms with Crippen molar-refractivity contribution in [2.75, 3.05) is 38.1 Å². The molecule has 3 aliphatic carbocycles. The normalized spacial score (nSPS) is 28.4. The first-order valence-electron chi connectivity index (χ1n) is 17.1. The van der Waals surface area contributed by atoms with Crippen molar-refractivity contribution in [1.82, 2.24) is 24.9 Å². The van der Waals surface area contributed by atoms with Gasteiger partial charge in [-0.2, -0.15) is 4.98 Å². The lowest BCUT2D eigenvalue weighted by molar-refractivity contribution is -0.127. The Kier molecular flexibility index (Phi) is 7.80. The van der Waals surface area contributed by atoms with E-state index in [0.717, 1.165) is 62.6 Å². The van der Waals surface area contributed by atoms with E-state index in [1.54, 1.807) is 0 Å². The van der Waals surface area contributed by atoms with Crippen molar-refractivity contribution in [3.63, 3.8) is 0 Å². The van der Waals surface area contributed by atoms with Crippen molar-refractivity contribution in [3.05, 3.63) is 17.3 Å². The van der Waals surface area contributed by atoms with Crippen LogP contribution in [-0.2, 0) is 21.4 Å². The number of carbonyl (C=O) groups excluding carboxylic acids is 2. The summed E-state index contributed by atoms with van der Waals surface area (Å²) in [6.07, 6.45) is 6.43. The van der Waals surface area contributed by atoms with E-state index in [1.165, 1.54) is 0 Å². The van der Waals surface area contributed by atoms with E-state index in [1.807, 2.05) is 50.6 Å². The molecular formula is C34H47FN6O5. The first kappa shape index (κ1) is 31.3. The van der Waals surface area contributed by atoms with Gasteiger partial charge in [-0.3, -0.25) is 14.6 Å². The average Bonchev–Trinajstić information content (AvgIpc) is 3.44. The van der Waals surface area contributed by atoms with Gasteiger partial charge in [0.05, 0.1) is 11.0 Å². The molecule has 0 unspecified atom stereocenters. The summed E-state index contributed by atoms with van der Waals surface area (Å²) in [7, 11) is 1.92. The molecule has 4 atom stereocenters. The Morgan fingerprint density at radius 2 is 1.89 bits per heavy atom. The van der Waals surface area contributed by atoms with E-state index in [2.05, 4.69) is 10.1 Å². The molecule has 250 valence electrons. The van der Waals surface area contributed by atoms with Gasteiger partial charge in [0.15, 0.2) is 0 Å². The summed E-state index contributed by atoms with van der Waals surface area (Å²) in [4.78, 5) is 42.4. The van der Waals surface area contributed by atoms with Crippen LogP contribution in [0.15, 0.2) is 10.6 Å². The highest BCUT2D eigenvalue weighted by atomic mass is 19.1. The van der Waals surface area contributed by atoms with Gasteiger partial charge in [-0.15, -0.1) is 0 Å². The highest BCUT2D eigenvalue weighted by Crippen LogP contribution is 2.48. The van der Waals surface area contributed by atoms with E-state index in [0.29, 0.717) is 62.3 Å². The number of piperazine rings is 1. The van der Waals surface area contributed by atoms with Crippen molar-refractivity contribution < 1.29 is 28.0 Å². The summed E-state index contributed by atoms with van der Waals surface area (Å²) in [6.45, 7) is 9.67. The number of hydrogen-bond donors (Lipinski definition) is 0. The summed E-state index contributed by atoms with van der Waals surface area (Å²) in [5.41, 5.74) is 0.226. The number of Topliss-reactive ketones (excluding diaryl/α,β-unsaturated/α-hetero) is 1. The number of ether oxygens (including phenoxy) is 2. The standard InChI is InChI=1S/C34H47FN6O5/c1-21(24-17-22(35)19-39(24)5)44-27-18-26(40-15-16-41(33(20-40)13-14-33)31(43)45-32(2,3)4)36-30(37-27)28-23-9-8-12-34(29(23)38-46-28)11-7-6-10-25(34)42/h18,21-22,24H,6-17,19-20H2,1-5H3/t21-,22+,24-,34+/m0/s1. The number of likely N-dealkylation sites (tertiary alicyclic amines) is 1. The van der Waals surface area contributed by atoms with Crippen LogP contribution >= 0.6 is 0 Å². The second-order valence-corrected chi connectivity index (χ2v) is 15.2. The number of likely N-dealkylation sites (N-methyl/N-ethyl adjacent to an activating group) is 1. The zero-order valence-electron chi connectivity index (χ0n) is 27.8. The van der Waals surface area contributed by atoms with Crippen molar-refractivity contribution in [1.29, 1.82) is 0 Å². The Balaban J connectivity index is 1.22. The number of nitrogens with zero attached hydrogens (tertiary/aromatic N) is 6. The summed E-state index contributed by atoms with van der Waals surface area (Å²) in [5, 5.41) is 4.53. The average molecular weight is 639 g/mol. The quantitative estimate of drug-likeness (QED) is 0.430. The zero-order chi connectivity index (χ0) is 32.4. The third kappa shape index (κ3) is 5.64. The van der Waals surface area contributed by atoms with E-state index < -0.39 is 17.2 Å². The fourth-order valence-electron chi connectivity index (χ4n) is 8.25. The van der Waals surface area contributed by atoms with Crippen molar-refractivity contribution in [2.45, 2.75) is 127 Å². The largest absolute Gasteiger partial charge is 0.473 e. The third-order valence-corrected chi connectivity index (χ3v) is 10.8. The molecule has 0 radical (unpaired) electrons. The van der Waals surface area contributed by atoms with Gasteiger partial charge in [0.25, 0.3) is 0 Å². The molecule has 2 saturated carbocycles. The molecule has 0 bridgehead atoms. The number of halogens is 1. The molecule has 2 spiro atoms. The monoisotopic (exact) mass is 638 g/mol. The van der Waals surface area contributed by atoms with Gasteiger partial charge in [-0.1, -0.05) is 11.6 Å². The number of hydrogen-bond acceptors (Lipinski definition) is 10. The molecule has 12 heteroatoms. The first-order valence-corrected chi connectivity index (χ1v) is 17.1. The Bertz CT molecular complexity index is 1500. The van der Waals surface area contributed by atoms with Gasteiger partial charge in [0.1, 0.15) is 35.2 Å². The molecule has 11 nitrogen and oxygen atoms in total. The molecule has 2 saturated heterocycles. The highest BCUT2D eigenvalue weighted by molar-refractivity contribution is 5.91. The molecule has 7 rings (SSSR count). The topological polar surface area (TPSA) is 114 Å². The number of anilines is 1. The summed E-state index contributed by atoms with van der Waals surface area (Å²) < 4.78 is 32.5. The number of amides is 1. The van der Waals surface area contributed by atoms with E-state index in [9.17, 15) is 14.0 Å². The van der Waals surface area contributed by atoms with Crippen LogP contribution in [0.25, 0.3) is 11.6 Å². The molecule has 5 aliphatic rings. The Hall–Kier alpha value is -3.28. The van der Waals surface area contributed by atoms with Crippen LogP contribution in [0, 0.1) is 0 Å². The zero-order valence-corrected chi connectivity index (χ0v) is 27.8. The van der Waals surface area contributed by atoms with Crippen molar-refractivity contribution in [3.8, 4) is 17.5 Å². The molecule has 2 aromatic rings. The second kappa shape index (κ2) is 11.5. The molecule has 4 fully saturated rings. The van der Waals surface area contributed by atoms with Crippen LogP contribution in [0.3, 0.4) is 0 Å². The lowest BCUT2D eigenvalue weighted by Gasteiger charge is -2.42. The van der Waals surface area contributed by atoms with Crippen LogP contribution < -0.4 is 9.64 Å². The maximum atomic E-state index is 14.3. The minimum absolute atomic E-state index is 0.0841. The number of fused-ring (bicyclic) bond motifs is 2. The van der Waals surface area contributed by atoms with Crippen molar-refractivity contribution >= 4 is 17.7 Å². The Morgan fingerprint density at radius 1 is 1.11 bits per heavy atom. The number of alkyl halides is 1. The predicted octanol–water partition coefficient (Wildman–Crippen LogP) is 5.25. The van der Waals surface area contributed by atoms with Gasteiger partial charge < -0.3 is 18.9 Å². The fraction of sp³-hybridized carbons (Fsp3) is 0.735. The SMILES string of the molecule is C[C@H](Oc1cc(N2CCN(C(=O)OC(C)(C)C)C3(CC3)C2)nc(-c2onc3c2CCC[C@@]32CCCCC2=O)n1)[C@@H]1C[C@@H](F)CN1C. The second-order valence-electron chi connectivity index (χ2n) is 15.2. The van der Waals surface area contributed by atoms with E-state index in [-0.39, 0.29) is 29.6 Å². The van der Waals surface area contributed by atoms with Crippen LogP contribution in [0.2, 0.25) is 0 Å². The molecule has 2 aromatic heterocycles. The van der Waals surface area contributed by atoms with Gasteiger partial charge in [0, 0.05) is 50.3 Å². The van der Waals surface area contributed by atoms with Gasteiger partial charge in [0.2, 0.25) is 17.5 Å². The summed E-state index contributed by atoms with van der Waals surface area (Å²) in [5.74, 6) is 2.18. The Labute approximate surface area is 270 Å².